The van der Waals surface area contributed by atoms with E-state index in [-0.39, 0.29) is 24.5 Å². The monoisotopic (exact) mass is 311 g/mol. The van der Waals surface area contributed by atoms with Gasteiger partial charge in [-0.25, -0.2) is 0 Å². The van der Waals surface area contributed by atoms with Crippen LogP contribution >= 0.6 is 11.6 Å². The first-order valence-corrected chi connectivity index (χ1v) is 7.24. The summed E-state index contributed by atoms with van der Waals surface area (Å²) in [5.74, 6) is -0.765. The average Bonchev–Trinajstić information content (AvgIpc) is 2.86. The van der Waals surface area contributed by atoms with Crippen LogP contribution in [0.2, 0.25) is 5.02 Å². The summed E-state index contributed by atoms with van der Waals surface area (Å²) in [6.07, 6.45) is 1.79. The third kappa shape index (κ3) is 4.36. The fourth-order valence-electron chi connectivity index (χ4n) is 2.52. The van der Waals surface area contributed by atoms with E-state index in [0.29, 0.717) is 30.0 Å². The van der Waals surface area contributed by atoms with Crippen molar-refractivity contribution in [2.24, 2.45) is 5.92 Å². The van der Waals surface area contributed by atoms with Gasteiger partial charge in [0, 0.05) is 11.1 Å². The van der Waals surface area contributed by atoms with Crippen molar-refractivity contribution in [3.05, 3.63) is 28.8 Å². The fourth-order valence-corrected chi connectivity index (χ4v) is 2.75. The minimum atomic E-state index is -0.792. The molecule has 0 saturated heterocycles. The highest BCUT2D eigenvalue weighted by Crippen LogP contribution is 2.25. The number of carbonyl (C=O) groups is 2. The van der Waals surface area contributed by atoms with Crippen molar-refractivity contribution in [2.45, 2.75) is 32.2 Å². The van der Waals surface area contributed by atoms with Crippen LogP contribution in [-0.2, 0) is 9.59 Å². The second-order valence-electron chi connectivity index (χ2n) is 5.31. The highest BCUT2D eigenvalue weighted by atomic mass is 35.5. The predicted octanol–water partition coefficient (Wildman–Crippen LogP) is 2.40. The normalized spacial score (nSPS) is 21.0. The van der Waals surface area contributed by atoms with Gasteiger partial charge in [0.25, 0.3) is 5.91 Å². The maximum absolute atomic E-state index is 11.8. The summed E-state index contributed by atoms with van der Waals surface area (Å²) in [5.41, 5.74) is 0.863. The van der Waals surface area contributed by atoms with Crippen LogP contribution in [0.4, 0.5) is 0 Å². The zero-order valence-corrected chi connectivity index (χ0v) is 12.5. The van der Waals surface area contributed by atoms with Gasteiger partial charge in [0.05, 0.1) is 5.92 Å². The first-order valence-electron chi connectivity index (χ1n) is 6.87. The maximum Gasteiger partial charge on any atom is 0.306 e. The van der Waals surface area contributed by atoms with E-state index >= 15 is 0 Å². The van der Waals surface area contributed by atoms with Crippen LogP contribution in [0.15, 0.2) is 18.2 Å². The highest BCUT2D eigenvalue weighted by molar-refractivity contribution is 6.30. The number of rotatable bonds is 5. The van der Waals surface area contributed by atoms with Gasteiger partial charge in [0.2, 0.25) is 0 Å². The van der Waals surface area contributed by atoms with Gasteiger partial charge in [-0.3, -0.25) is 9.59 Å². The van der Waals surface area contributed by atoms with Crippen LogP contribution in [0.3, 0.4) is 0 Å². The number of hydrogen-bond acceptors (Lipinski definition) is 3. The summed E-state index contributed by atoms with van der Waals surface area (Å²) in [5, 5.41) is 12.4. The number of ether oxygens (including phenoxy) is 1. The molecule has 0 unspecified atom stereocenters. The van der Waals surface area contributed by atoms with Crippen LogP contribution in [0.5, 0.6) is 5.75 Å². The van der Waals surface area contributed by atoms with E-state index < -0.39 is 5.97 Å². The smallest absolute Gasteiger partial charge is 0.306 e. The molecular formula is C15H18ClNO4. The average molecular weight is 312 g/mol. The number of benzene rings is 1. The molecule has 0 aromatic heterocycles. The van der Waals surface area contributed by atoms with Gasteiger partial charge in [0.1, 0.15) is 5.75 Å². The lowest BCUT2D eigenvalue weighted by Crippen LogP contribution is -2.36. The summed E-state index contributed by atoms with van der Waals surface area (Å²) in [6.45, 7) is 1.77. The highest BCUT2D eigenvalue weighted by Gasteiger charge is 2.30. The lowest BCUT2D eigenvalue weighted by Gasteiger charge is -2.14. The van der Waals surface area contributed by atoms with E-state index in [9.17, 15) is 9.59 Å². The molecule has 21 heavy (non-hydrogen) atoms. The quantitative estimate of drug-likeness (QED) is 0.875. The molecule has 2 N–H and O–H groups in total. The van der Waals surface area contributed by atoms with Crippen LogP contribution in [0, 0.1) is 12.8 Å². The molecule has 0 aliphatic heterocycles. The standard InChI is InChI=1S/C15H18ClNO4/c1-9-6-11(16)3-5-13(9)21-8-14(18)17-12-4-2-10(7-12)15(19)20/h3,5-6,10,12H,2,4,7-8H2,1H3,(H,17,18)(H,19,20)/t10-,12+/m1/s1. The largest absolute Gasteiger partial charge is 0.484 e. The lowest BCUT2D eigenvalue weighted by atomic mass is 10.1. The summed E-state index contributed by atoms with van der Waals surface area (Å²) >= 11 is 5.85. The Kier molecular flexibility index (Phi) is 5.07. The minimum absolute atomic E-state index is 0.0754. The molecule has 1 amide bonds. The molecule has 1 aliphatic rings. The zero-order chi connectivity index (χ0) is 15.4. The van der Waals surface area contributed by atoms with Crippen LogP contribution < -0.4 is 10.1 Å². The molecule has 2 rings (SSSR count). The maximum atomic E-state index is 11.8. The molecule has 1 saturated carbocycles. The molecule has 2 atom stereocenters. The van der Waals surface area contributed by atoms with Crippen molar-refractivity contribution >= 4 is 23.5 Å². The molecule has 1 aliphatic carbocycles. The number of aryl methyl sites for hydroxylation is 1. The summed E-state index contributed by atoms with van der Waals surface area (Å²) < 4.78 is 5.45. The Hall–Kier alpha value is -1.75. The van der Waals surface area contributed by atoms with Gasteiger partial charge in [-0.15, -0.1) is 0 Å². The molecular weight excluding hydrogens is 294 g/mol. The second kappa shape index (κ2) is 6.80. The topological polar surface area (TPSA) is 75.6 Å². The Morgan fingerprint density at radius 2 is 2.19 bits per heavy atom. The molecule has 0 spiro atoms. The molecule has 1 fully saturated rings. The first kappa shape index (κ1) is 15.6. The van der Waals surface area contributed by atoms with Gasteiger partial charge >= 0.3 is 5.97 Å². The van der Waals surface area contributed by atoms with Gasteiger partial charge in [-0.05, 0) is 49.9 Å². The number of carbonyl (C=O) groups excluding carboxylic acids is 1. The molecule has 114 valence electrons. The SMILES string of the molecule is Cc1cc(Cl)ccc1OCC(=O)N[C@H]1CC[C@@H](C(=O)O)C1. The number of halogens is 1. The Morgan fingerprint density at radius 3 is 2.81 bits per heavy atom. The molecule has 6 heteroatoms. The number of aliphatic carboxylic acids is 1. The number of carboxylic acids is 1. The van der Waals surface area contributed by atoms with Crippen molar-refractivity contribution in [2.75, 3.05) is 6.61 Å². The third-order valence-electron chi connectivity index (χ3n) is 3.64. The number of nitrogens with one attached hydrogen (secondary N) is 1. The van der Waals surface area contributed by atoms with Crippen molar-refractivity contribution in [3.63, 3.8) is 0 Å². The molecule has 5 nitrogen and oxygen atoms in total. The minimum Gasteiger partial charge on any atom is -0.484 e. The summed E-state index contributed by atoms with van der Waals surface area (Å²) in [7, 11) is 0. The van der Waals surface area contributed by atoms with Gasteiger partial charge in [-0.1, -0.05) is 11.6 Å². The van der Waals surface area contributed by atoms with Crippen molar-refractivity contribution in [3.8, 4) is 5.75 Å². The van der Waals surface area contributed by atoms with E-state index in [4.69, 9.17) is 21.4 Å². The van der Waals surface area contributed by atoms with E-state index in [0.717, 1.165) is 5.56 Å². The first-order chi connectivity index (χ1) is 9.95. The van der Waals surface area contributed by atoms with Crippen LogP contribution in [0.1, 0.15) is 24.8 Å². The Morgan fingerprint density at radius 1 is 1.43 bits per heavy atom. The van der Waals surface area contributed by atoms with Gasteiger partial charge in [-0.2, -0.15) is 0 Å². The Bertz CT molecular complexity index is 546. The summed E-state index contributed by atoms with van der Waals surface area (Å²) in [4.78, 5) is 22.7. The Balaban J connectivity index is 1.79. The third-order valence-corrected chi connectivity index (χ3v) is 3.88. The molecule has 0 heterocycles. The fraction of sp³-hybridized carbons (Fsp3) is 0.467. The van der Waals surface area contributed by atoms with Crippen molar-refractivity contribution in [1.82, 2.24) is 5.32 Å². The number of carboxylic acid groups (broad SMARTS) is 1. The number of hydrogen-bond donors (Lipinski definition) is 2. The zero-order valence-electron chi connectivity index (χ0n) is 11.8. The molecule has 0 bridgehead atoms. The van der Waals surface area contributed by atoms with Crippen molar-refractivity contribution in [1.29, 1.82) is 0 Å². The van der Waals surface area contributed by atoms with E-state index in [2.05, 4.69) is 5.32 Å². The van der Waals surface area contributed by atoms with E-state index in [1.807, 2.05) is 6.92 Å². The Labute approximate surface area is 128 Å². The van der Waals surface area contributed by atoms with E-state index in [1.165, 1.54) is 0 Å². The molecule has 1 aromatic rings. The van der Waals surface area contributed by atoms with Crippen LogP contribution in [-0.4, -0.2) is 29.6 Å². The molecule has 1 aromatic carbocycles. The number of amides is 1. The lowest BCUT2D eigenvalue weighted by molar-refractivity contribution is -0.141. The predicted molar refractivity (Wildman–Crippen MR) is 78.6 cm³/mol. The van der Waals surface area contributed by atoms with Gasteiger partial charge < -0.3 is 15.2 Å². The molecule has 0 radical (unpaired) electrons. The van der Waals surface area contributed by atoms with Crippen LogP contribution in [0.25, 0.3) is 0 Å². The summed E-state index contributed by atoms with van der Waals surface area (Å²) in [6, 6.07) is 5.12. The van der Waals surface area contributed by atoms with E-state index in [1.54, 1.807) is 18.2 Å². The second-order valence-corrected chi connectivity index (χ2v) is 5.75. The van der Waals surface area contributed by atoms with Crippen molar-refractivity contribution < 1.29 is 19.4 Å². The van der Waals surface area contributed by atoms with Gasteiger partial charge in [0.15, 0.2) is 6.61 Å².